The molecule has 2 unspecified atom stereocenters. The second-order valence-electron chi connectivity index (χ2n) is 17.9. The molecule has 0 saturated heterocycles. The van der Waals surface area contributed by atoms with Crippen molar-refractivity contribution in [1.82, 2.24) is 10.4 Å². The van der Waals surface area contributed by atoms with Gasteiger partial charge in [0.25, 0.3) is 0 Å². The van der Waals surface area contributed by atoms with Crippen molar-refractivity contribution in [3.63, 3.8) is 0 Å². The van der Waals surface area contributed by atoms with Gasteiger partial charge < -0.3 is 9.43 Å². The zero-order chi connectivity index (χ0) is 45.3. The maximum Gasteiger partial charge on any atom is 0.147 e. The molecule has 0 fully saturated rings. The van der Waals surface area contributed by atoms with E-state index in [2.05, 4.69) is 211 Å². The first-order chi connectivity index (χ1) is 31.2. The number of aryl methyl sites for hydroxylation is 1. The van der Waals surface area contributed by atoms with Gasteiger partial charge in [-0.2, -0.15) is 0 Å². The summed E-state index contributed by atoms with van der Waals surface area (Å²) in [6, 6.07) is 34.8. The molecule has 4 aromatic rings. The maximum atomic E-state index is 6.22. The molecule has 328 valence electrons. The lowest BCUT2D eigenvalue weighted by atomic mass is 9.52. The molecule has 1 spiro atoms. The predicted octanol–water partition coefficient (Wildman–Crippen LogP) is 15.3. The molecule has 0 saturated carbocycles. The van der Waals surface area contributed by atoms with Crippen molar-refractivity contribution < 1.29 is 4.42 Å². The van der Waals surface area contributed by atoms with Gasteiger partial charge >= 0.3 is 0 Å². The second kappa shape index (κ2) is 20.6. The van der Waals surface area contributed by atoms with E-state index in [1.54, 1.807) is 0 Å². The number of para-hydroxylation sites is 1. The zero-order valence-corrected chi connectivity index (χ0v) is 39.5. The topological polar surface area (TPSA) is 28.4 Å². The van der Waals surface area contributed by atoms with Crippen molar-refractivity contribution in [2.45, 2.75) is 97.8 Å². The largest absolute Gasteiger partial charge is 0.407 e. The molecule has 3 heteroatoms. The van der Waals surface area contributed by atoms with Gasteiger partial charge in [0.2, 0.25) is 0 Å². The van der Waals surface area contributed by atoms with Crippen LogP contribution < -0.4 is 5.43 Å². The molecule has 0 radical (unpaired) electrons. The number of nitrogens with zero attached hydrogens (tertiary/aromatic N) is 1. The predicted molar refractivity (Wildman–Crippen MR) is 271 cm³/mol. The number of rotatable bonds is 10. The normalized spacial score (nSPS) is 20.7. The number of fused-ring (bicyclic) bond motifs is 7. The smallest absolute Gasteiger partial charge is 0.147 e. The molecule has 3 aromatic carbocycles. The van der Waals surface area contributed by atoms with Crippen LogP contribution in [0.15, 0.2) is 197 Å². The van der Waals surface area contributed by atoms with Crippen molar-refractivity contribution in [2.75, 3.05) is 13.1 Å². The summed E-state index contributed by atoms with van der Waals surface area (Å²) >= 11 is 0. The fourth-order valence-electron chi connectivity index (χ4n) is 10.5. The highest BCUT2D eigenvalue weighted by Gasteiger charge is 2.51. The van der Waals surface area contributed by atoms with Crippen molar-refractivity contribution in [2.24, 2.45) is 11.8 Å². The zero-order valence-electron chi connectivity index (χ0n) is 39.5. The average molecular weight is 845 g/mol. The van der Waals surface area contributed by atoms with Crippen LogP contribution in [-0.2, 0) is 10.8 Å². The van der Waals surface area contributed by atoms with Gasteiger partial charge in [0.15, 0.2) is 0 Å². The molecule has 0 aliphatic heterocycles. The molecule has 1 heterocycles. The Hall–Kier alpha value is -6.08. The van der Waals surface area contributed by atoms with Crippen molar-refractivity contribution >= 4 is 11.0 Å². The third-order valence-electron chi connectivity index (χ3n) is 13.8. The van der Waals surface area contributed by atoms with Crippen molar-refractivity contribution in [3.8, 4) is 0 Å². The highest BCUT2D eigenvalue weighted by atomic mass is 16.3. The summed E-state index contributed by atoms with van der Waals surface area (Å²) in [5.74, 6) is 0.292. The van der Waals surface area contributed by atoms with Crippen molar-refractivity contribution in [3.05, 3.63) is 238 Å². The SMILES string of the molecule is C=C/C(=C\C)C1=CCC([C@@H](CN(NCCC)C2=C3C/C=C\C=C/CC4(c5ccccc5C(C)(C)c5ccccc54)C3C=CC(C)=C2)c2c#coc3ccccc3c(C)cc2)C=C1.CC. The number of hydrogen-bond donors (Lipinski definition) is 1. The fraction of sp³-hybridized carbons (Fsp3) is 0.311. The summed E-state index contributed by atoms with van der Waals surface area (Å²) in [6.45, 7) is 23.2. The first kappa shape index (κ1) is 45.9. The van der Waals surface area contributed by atoms with E-state index in [1.165, 1.54) is 44.7 Å². The summed E-state index contributed by atoms with van der Waals surface area (Å²) in [4.78, 5) is 0. The van der Waals surface area contributed by atoms with Gasteiger partial charge in [-0.25, -0.2) is 5.43 Å². The third-order valence-corrected chi connectivity index (χ3v) is 13.8. The average Bonchev–Trinajstić information content (AvgIpc) is 3.37. The summed E-state index contributed by atoms with van der Waals surface area (Å²) in [6.07, 6.45) is 34.6. The van der Waals surface area contributed by atoms with E-state index in [9.17, 15) is 0 Å². The Bertz CT molecular complexity index is 2580. The number of nitrogens with one attached hydrogen (secondary N) is 1. The van der Waals surface area contributed by atoms with Gasteiger partial charge in [0, 0.05) is 46.7 Å². The monoisotopic (exact) mass is 845 g/mol. The fourth-order valence-corrected chi connectivity index (χ4v) is 10.5. The Labute approximate surface area is 385 Å². The lowest BCUT2D eigenvalue weighted by molar-refractivity contribution is 0.216. The van der Waals surface area contributed by atoms with Crippen LogP contribution >= 0.6 is 0 Å². The molecule has 4 aliphatic carbocycles. The molecule has 1 aromatic heterocycles. The highest BCUT2D eigenvalue weighted by Crippen LogP contribution is 2.58. The summed E-state index contributed by atoms with van der Waals surface area (Å²) in [5, 5.41) is 3.56. The third kappa shape index (κ3) is 9.00. The molecule has 4 aliphatic rings. The molecular formula is C61H68N2O. The second-order valence-corrected chi connectivity index (χ2v) is 17.9. The van der Waals surface area contributed by atoms with E-state index in [0.29, 0.717) is 6.54 Å². The van der Waals surface area contributed by atoms with Crippen LogP contribution in [0, 0.1) is 31.1 Å². The van der Waals surface area contributed by atoms with Crippen LogP contribution in [0.4, 0.5) is 0 Å². The van der Waals surface area contributed by atoms with E-state index in [0.717, 1.165) is 59.9 Å². The van der Waals surface area contributed by atoms with Crippen molar-refractivity contribution in [1.29, 1.82) is 0 Å². The molecule has 1 N–H and O–H groups in total. The Morgan fingerprint density at radius 1 is 0.891 bits per heavy atom. The standard InChI is InChI=1S/C59H62N2O.C2H6/c1-8-38-60-61(41-50(46-33-31-45(32-34-46)44(9-2)10-3)47-30-29-43(5)48-21-14-19-27-57(48)62-39-36-47)56-40-42(4)28-35-51-49(56)22-13-11-12-20-37-59(51)54-25-17-15-23-52(54)58(6,7)53-24-16-18-26-55(53)59;1-2/h9-21,23-33,35,40,46,50-51,60H,2,8,22,34,37-38,41H2,1,3-7H3;1-2H3/b13-11-,20-12-,43-29?,44-10+,47-30?;/t46?,50-,51?;/m1./s1. The Balaban J connectivity index is 0.00000302. The number of hydrogen-bond acceptors (Lipinski definition) is 3. The van der Waals surface area contributed by atoms with Gasteiger partial charge in [-0.1, -0.05) is 181 Å². The summed E-state index contributed by atoms with van der Waals surface area (Å²) in [5.41, 5.74) is 18.5. The molecule has 3 atom stereocenters. The molecule has 64 heavy (non-hydrogen) atoms. The quantitative estimate of drug-likeness (QED) is 0.127. The van der Waals surface area contributed by atoms with E-state index >= 15 is 0 Å². The van der Waals surface area contributed by atoms with E-state index < -0.39 is 0 Å². The van der Waals surface area contributed by atoms with E-state index in [1.807, 2.05) is 32.1 Å². The molecular weight excluding hydrogens is 777 g/mol. The minimum atomic E-state index is -0.333. The van der Waals surface area contributed by atoms with Gasteiger partial charge in [0.05, 0.1) is 5.70 Å². The molecule has 3 nitrogen and oxygen atoms in total. The minimum Gasteiger partial charge on any atom is -0.407 e. The van der Waals surface area contributed by atoms with Gasteiger partial charge in [-0.15, -0.1) is 0 Å². The van der Waals surface area contributed by atoms with Crippen LogP contribution in [0.25, 0.3) is 11.0 Å². The highest BCUT2D eigenvalue weighted by molar-refractivity contribution is 5.79. The number of hydrazine groups is 1. The van der Waals surface area contributed by atoms with Crippen LogP contribution in [0.3, 0.4) is 0 Å². The number of allylic oxidation sites excluding steroid dienone is 16. The van der Waals surface area contributed by atoms with Gasteiger partial charge in [-0.05, 0) is 127 Å². The minimum absolute atomic E-state index is 0.0310. The summed E-state index contributed by atoms with van der Waals surface area (Å²) < 4.78 is 6.22. The molecule has 0 amide bonds. The summed E-state index contributed by atoms with van der Waals surface area (Å²) in [7, 11) is 0. The molecule has 0 bridgehead atoms. The molecule has 8 rings (SSSR count). The Kier molecular flexibility index (Phi) is 14.8. The van der Waals surface area contributed by atoms with Gasteiger partial charge in [-0.3, -0.25) is 0 Å². The first-order valence-electron chi connectivity index (χ1n) is 23.7. The van der Waals surface area contributed by atoms with E-state index in [-0.39, 0.29) is 28.6 Å². The number of benzene rings is 3. The van der Waals surface area contributed by atoms with E-state index in [4.69, 9.17) is 4.42 Å². The lowest BCUT2D eigenvalue weighted by Gasteiger charge is -2.51. The van der Waals surface area contributed by atoms with Crippen LogP contribution in [0.1, 0.15) is 113 Å². The Morgan fingerprint density at radius 3 is 2.25 bits per heavy atom. The lowest BCUT2D eigenvalue weighted by Crippen LogP contribution is -2.46. The van der Waals surface area contributed by atoms with Crippen LogP contribution in [-0.4, -0.2) is 18.1 Å². The maximum absolute atomic E-state index is 6.22. The first-order valence-corrected chi connectivity index (χ1v) is 23.7. The van der Waals surface area contributed by atoms with Gasteiger partial charge in [0.1, 0.15) is 11.8 Å². The Morgan fingerprint density at radius 2 is 1.58 bits per heavy atom. The van der Waals surface area contributed by atoms with Crippen LogP contribution in [0.5, 0.6) is 0 Å². The van der Waals surface area contributed by atoms with Crippen LogP contribution in [0.2, 0.25) is 0 Å².